The molecule has 0 aliphatic carbocycles. The van der Waals surface area contributed by atoms with Crippen LogP contribution in [0, 0.1) is 6.92 Å². The van der Waals surface area contributed by atoms with Gasteiger partial charge in [0.2, 0.25) is 0 Å². The number of aromatic nitrogens is 1. The van der Waals surface area contributed by atoms with Crippen molar-refractivity contribution in [3.63, 3.8) is 0 Å². The molecular weight excluding hydrogens is 240 g/mol. The third-order valence-corrected chi connectivity index (χ3v) is 4.20. The molecule has 7 heteroatoms. The summed E-state index contributed by atoms with van der Waals surface area (Å²) in [5.74, 6) is 0. The quantitative estimate of drug-likeness (QED) is 0.795. The summed E-state index contributed by atoms with van der Waals surface area (Å²) in [7, 11) is -3.44. The Balaban J connectivity index is 2.14. The number of hydrogen-bond donors (Lipinski definition) is 2. The van der Waals surface area contributed by atoms with E-state index in [-0.39, 0.29) is 0 Å². The molecule has 2 heterocycles. The number of piperazine rings is 1. The molecule has 94 valence electrons. The normalized spacial score (nSPS) is 17.9. The van der Waals surface area contributed by atoms with Crippen LogP contribution in [0.1, 0.15) is 5.56 Å². The van der Waals surface area contributed by atoms with Gasteiger partial charge in [-0.1, -0.05) is 0 Å². The second-order valence-corrected chi connectivity index (χ2v) is 5.62. The van der Waals surface area contributed by atoms with Crippen molar-refractivity contribution >= 4 is 15.9 Å². The van der Waals surface area contributed by atoms with Crippen molar-refractivity contribution in [1.29, 1.82) is 0 Å². The van der Waals surface area contributed by atoms with E-state index in [4.69, 9.17) is 0 Å². The lowest BCUT2D eigenvalue weighted by Crippen LogP contribution is -2.48. The van der Waals surface area contributed by atoms with Gasteiger partial charge in [0.1, 0.15) is 0 Å². The molecule has 0 amide bonds. The van der Waals surface area contributed by atoms with E-state index in [2.05, 4.69) is 15.0 Å². The Morgan fingerprint density at radius 3 is 2.76 bits per heavy atom. The van der Waals surface area contributed by atoms with Gasteiger partial charge in [-0.05, 0) is 18.6 Å². The van der Waals surface area contributed by atoms with Crippen molar-refractivity contribution in [2.24, 2.45) is 0 Å². The van der Waals surface area contributed by atoms with Gasteiger partial charge in [-0.3, -0.25) is 9.71 Å². The van der Waals surface area contributed by atoms with E-state index in [0.717, 1.165) is 5.56 Å². The predicted molar refractivity (Wildman–Crippen MR) is 66.0 cm³/mol. The number of rotatable bonds is 3. The number of hydrogen-bond acceptors (Lipinski definition) is 4. The molecule has 2 N–H and O–H groups in total. The smallest absolute Gasteiger partial charge is 0.301 e. The molecule has 0 unspecified atom stereocenters. The number of nitrogens with one attached hydrogen (secondary N) is 2. The van der Waals surface area contributed by atoms with Crippen molar-refractivity contribution < 1.29 is 8.42 Å². The molecule has 0 saturated carbocycles. The van der Waals surface area contributed by atoms with Crippen LogP contribution in [0.15, 0.2) is 18.5 Å². The highest BCUT2D eigenvalue weighted by Gasteiger charge is 2.23. The SMILES string of the molecule is Cc1cnccc1NS(=O)(=O)N1CCNCC1. The van der Waals surface area contributed by atoms with Crippen LogP contribution in [0.5, 0.6) is 0 Å². The minimum Gasteiger partial charge on any atom is -0.314 e. The summed E-state index contributed by atoms with van der Waals surface area (Å²) in [5.41, 5.74) is 1.39. The molecule has 1 aliphatic rings. The fourth-order valence-electron chi connectivity index (χ4n) is 1.68. The minimum atomic E-state index is -3.44. The third-order valence-electron chi connectivity index (χ3n) is 2.68. The van der Waals surface area contributed by atoms with Crippen LogP contribution in [-0.4, -0.2) is 43.9 Å². The molecule has 1 aromatic rings. The fraction of sp³-hybridized carbons (Fsp3) is 0.500. The van der Waals surface area contributed by atoms with E-state index in [1.807, 2.05) is 6.92 Å². The zero-order valence-electron chi connectivity index (χ0n) is 9.68. The van der Waals surface area contributed by atoms with Crippen LogP contribution in [-0.2, 0) is 10.2 Å². The van der Waals surface area contributed by atoms with Crippen LogP contribution in [0.3, 0.4) is 0 Å². The molecular formula is C10H16N4O2S. The second kappa shape index (κ2) is 4.99. The molecule has 1 aliphatic heterocycles. The highest BCUT2D eigenvalue weighted by atomic mass is 32.2. The Hall–Kier alpha value is -1.18. The van der Waals surface area contributed by atoms with Crippen molar-refractivity contribution in [2.45, 2.75) is 6.92 Å². The standard InChI is InChI=1S/C10H16N4O2S/c1-9-8-12-3-2-10(9)13-17(15,16)14-6-4-11-5-7-14/h2-3,8,11H,4-7H2,1H3,(H,12,13). The molecule has 0 radical (unpaired) electrons. The Labute approximate surface area is 101 Å². The van der Waals surface area contributed by atoms with Gasteiger partial charge in [0.25, 0.3) is 0 Å². The summed E-state index contributed by atoms with van der Waals surface area (Å²) in [4.78, 5) is 3.93. The first-order valence-electron chi connectivity index (χ1n) is 5.49. The minimum absolute atomic E-state index is 0.499. The lowest BCUT2D eigenvalue weighted by molar-refractivity contribution is 0.362. The Kier molecular flexibility index (Phi) is 3.60. The van der Waals surface area contributed by atoms with Gasteiger partial charge in [-0.25, -0.2) is 0 Å². The van der Waals surface area contributed by atoms with Gasteiger partial charge in [-0.2, -0.15) is 12.7 Å². The molecule has 0 aromatic carbocycles. The summed E-state index contributed by atoms with van der Waals surface area (Å²) in [6.07, 6.45) is 3.21. The lowest BCUT2D eigenvalue weighted by Gasteiger charge is -2.27. The highest BCUT2D eigenvalue weighted by Crippen LogP contribution is 2.15. The van der Waals surface area contributed by atoms with Gasteiger partial charge in [-0.15, -0.1) is 0 Å². The van der Waals surface area contributed by atoms with E-state index in [9.17, 15) is 8.42 Å². The Morgan fingerprint density at radius 2 is 2.12 bits per heavy atom. The van der Waals surface area contributed by atoms with E-state index in [1.54, 1.807) is 18.5 Å². The van der Waals surface area contributed by atoms with Crippen LogP contribution in [0.2, 0.25) is 0 Å². The molecule has 17 heavy (non-hydrogen) atoms. The van der Waals surface area contributed by atoms with Gasteiger partial charge < -0.3 is 5.32 Å². The maximum absolute atomic E-state index is 12.1. The number of anilines is 1. The summed E-state index contributed by atoms with van der Waals surface area (Å²) < 4.78 is 28.2. The summed E-state index contributed by atoms with van der Waals surface area (Å²) in [5, 5.41) is 3.12. The van der Waals surface area contributed by atoms with Crippen LogP contribution >= 0.6 is 0 Å². The first-order chi connectivity index (χ1) is 8.09. The number of aryl methyl sites for hydroxylation is 1. The van der Waals surface area contributed by atoms with Crippen LogP contribution < -0.4 is 10.0 Å². The second-order valence-electron chi connectivity index (χ2n) is 3.95. The summed E-state index contributed by atoms with van der Waals surface area (Å²) >= 11 is 0. The van der Waals surface area contributed by atoms with E-state index in [0.29, 0.717) is 31.9 Å². The monoisotopic (exact) mass is 256 g/mol. The van der Waals surface area contributed by atoms with Gasteiger partial charge >= 0.3 is 10.2 Å². The van der Waals surface area contributed by atoms with Gasteiger partial charge in [0.05, 0.1) is 5.69 Å². The molecule has 1 fully saturated rings. The fourth-order valence-corrected chi connectivity index (χ4v) is 2.98. The van der Waals surface area contributed by atoms with Gasteiger partial charge in [0.15, 0.2) is 0 Å². The van der Waals surface area contributed by atoms with Gasteiger partial charge in [0, 0.05) is 38.6 Å². The van der Waals surface area contributed by atoms with E-state index in [1.165, 1.54) is 4.31 Å². The summed E-state index contributed by atoms with van der Waals surface area (Å²) in [6, 6.07) is 1.66. The number of nitrogens with zero attached hydrogens (tertiary/aromatic N) is 2. The van der Waals surface area contributed by atoms with Crippen molar-refractivity contribution in [3.8, 4) is 0 Å². The largest absolute Gasteiger partial charge is 0.314 e. The average molecular weight is 256 g/mol. The van der Waals surface area contributed by atoms with Crippen molar-refractivity contribution in [3.05, 3.63) is 24.0 Å². The molecule has 1 saturated heterocycles. The molecule has 2 rings (SSSR count). The zero-order valence-corrected chi connectivity index (χ0v) is 10.5. The molecule has 6 nitrogen and oxygen atoms in total. The molecule has 0 spiro atoms. The average Bonchev–Trinajstić information content (AvgIpc) is 2.33. The van der Waals surface area contributed by atoms with Crippen LogP contribution in [0.25, 0.3) is 0 Å². The Bertz CT molecular complexity index is 483. The first kappa shape index (κ1) is 12.3. The van der Waals surface area contributed by atoms with Crippen molar-refractivity contribution in [2.75, 3.05) is 30.9 Å². The number of pyridine rings is 1. The predicted octanol–water partition coefficient (Wildman–Crippen LogP) is -0.0481. The topological polar surface area (TPSA) is 74.3 Å². The van der Waals surface area contributed by atoms with E-state index < -0.39 is 10.2 Å². The maximum Gasteiger partial charge on any atom is 0.301 e. The lowest BCUT2D eigenvalue weighted by atomic mass is 10.3. The maximum atomic E-state index is 12.1. The molecule has 0 bridgehead atoms. The Morgan fingerprint density at radius 1 is 1.41 bits per heavy atom. The van der Waals surface area contributed by atoms with Crippen molar-refractivity contribution in [1.82, 2.24) is 14.6 Å². The zero-order chi connectivity index (χ0) is 12.3. The molecule has 1 aromatic heterocycles. The van der Waals surface area contributed by atoms with Crippen LogP contribution in [0.4, 0.5) is 5.69 Å². The first-order valence-corrected chi connectivity index (χ1v) is 6.93. The summed E-state index contributed by atoms with van der Waals surface area (Å²) in [6.45, 7) is 4.20. The highest BCUT2D eigenvalue weighted by molar-refractivity contribution is 7.90. The van der Waals surface area contributed by atoms with E-state index >= 15 is 0 Å². The molecule has 0 atom stereocenters. The third kappa shape index (κ3) is 2.93.